The van der Waals surface area contributed by atoms with Crippen LogP contribution in [0.15, 0.2) is 102 Å². The molecule has 6 rings (SSSR count). The summed E-state index contributed by atoms with van der Waals surface area (Å²) in [4.78, 5) is 28.2. The van der Waals surface area contributed by atoms with Crippen molar-refractivity contribution in [2.45, 2.75) is 32.8 Å². The fourth-order valence-electron chi connectivity index (χ4n) is 5.37. The molecule has 0 saturated carbocycles. The molecule has 4 aromatic rings. The number of rotatable bonds is 6. The summed E-state index contributed by atoms with van der Waals surface area (Å²) in [6.07, 6.45) is 5.05. The molecule has 0 saturated heterocycles. The van der Waals surface area contributed by atoms with Gasteiger partial charge in [0, 0.05) is 35.9 Å². The molecule has 0 fully saturated rings. The van der Waals surface area contributed by atoms with Crippen LogP contribution in [0.25, 0.3) is 23.0 Å². The SMILES string of the molecule is CC1=C(C#N)C(=O)N(CCc2ccccc2)C(=O)/C1=C/c1cn(-c2ccccc2)nc1-c1ccc2c(c1)CC(C)O2. The van der Waals surface area contributed by atoms with Crippen LogP contribution in [0, 0.1) is 11.3 Å². The molecule has 2 amide bonds. The van der Waals surface area contributed by atoms with E-state index in [-0.39, 0.29) is 18.2 Å². The maximum atomic E-state index is 13.8. The van der Waals surface area contributed by atoms with Crippen LogP contribution in [0.2, 0.25) is 0 Å². The number of hydrogen-bond donors (Lipinski definition) is 0. The van der Waals surface area contributed by atoms with Crippen LogP contribution in [-0.4, -0.2) is 39.1 Å². The van der Waals surface area contributed by atoms with Gasteiger partial charge in [-0.1, -0.05) is 48.5 Å². The Morgan fingerprint density at radius 2 is 1.76 bits per heavy atom. The van der Waals surface area contributed by atoms with Gasteiger partial charge in [0.2, 0.25) is 0 Å². The quantitative estimate of drug-likeness (QED) is 0.231. The number of amides is 2. The number of benzene rings is 3. The van der Waals surface area contributed by atoms with Gasteiger partial charge < -0.3 is 4.74 Å². The van der Waals surface area contributed by atoms with Crippen LogP contribution in [-0.2, 0) is 22.4 Å². The Kier molecular flexibility index (Phi) is 6.82. The predicted octanol–water partition coefficient (Wildman–Crippen LogP) is 5.70. The first-order valence-electron chi connectivity index (χ1n) is 13.6. The summed E-state index contributed by atoms with van der Waals surface area (Å²) in [7, 11) is 0. The zero-order valence-electron chi connectivity index (χ0n) is 22.9. The second kappa shape index (κ2) is 10.7. The van der Waals surface area contributed by atoms with Crippen molar-refractivity contribution in [3.63, 3.8) is 0 Å². The standard InChI is InChI=1S/C34H28N4O3/c1-22-17-26-18-25(13-14-31(26)41-22)32-27(21-38(36-32)28-11-7-4-8-12-28)19-29-23(2)30(20-35)34(40)37(33(29)39)16-15-24-9-5-3-6-10-24/h3-14,18-19,21-22H,15-17H2,1-2H3/b29-19+. The number of carbonyl (C=O) groups is 2. The third kappa shape index (κ3) is 4.96. The normalized spacial score (nSPS) is 17.5. The molecule has 0 spiro atoms. The first kappa shape index (κ1) is 26.0. The summed E-state index contributed by atoms with van der Waals surface area (Å²) < 4.78 is 7.68. The molecule has 7 heteroatoms. The highest BCUT2D eigenvalue weighted by Gasteiger charge is 2.35. The van der Waals surface area contributed by atoms with Crippen LogP contribution < -0.4 is 4.74 Å². The zero-order chi connectivity index (χ0) is 28.5. The van der Waals surface area contributed by atoms with Crippen LogP contribution in [0.3, 0.4) is 0 Å². The van der Waals surface area contributed by atoms with Crippen LogP contribution in [0.5, 0.6) is 5.75 Å². The summed E-state index contributed by atoms with van der Waals surface area (Å²) in [5, 5.41) is 14.8. The second-order valence-electron chi connectivity index (χ2n) is 10.3. The first-order chi connectivity index (χ1) is 19.9. The summed E-state index contributed by atoms with van der Waals surface area (Å²) in [5.41, 5.74) is 5.93. The molecular formula is C34H28N4O3. The number of imide groups is 1. The Morgan fingerprint density at radius 3 is 2.49 bits per heavy atom. The van der Waals surface area contributed by atoms with Gasteiger partial charge in [0.1, 0.15) is 23.5 Å². The average Bonchev–Trinajstić information content (AvgIpc) is 3.58. The molecule has 0 aliphatic carbocycles. The highest BCUT2D eigenvalue weighted by atomic mass is 16.5. The largest absolute Gasteiger partial charge is 0.490 e. The lowest BCUT2D eigenvalue weighted by Gasteiger charge is -2.27. The van der Waals surface area contributed by atoms with E-state index in [9.17, 15) is 14.9 Å². The van der Waals surface area contributed by atoms with E-state index < -0.39 is 11.8 Å². The minimum absolute atomic E-state index is 0.0235. The minimum atomic E-state index is -0.559. The Labute approximate surface area is 238 Å². The Hall–Kier alpha value is -5.22. The molecule has 0 N–H and O–H groups in total. The van der Waals surface area contributed by atoms with Gasteiger partial charge in [-0.2, -0.15) is 10.4 Å². The fourth-order valence-corrected chi connectivity index (χ4v) is 5.37. The number of para-hydroxylation sites is 1. The number of ether oxygens (including phenoxy) is 1. The molecular weight excluding hydrogens is 512 g/mol. The third-order valence-electron chi connectivity index (χ3n) is 7.52. The van der Waals surface area contributed by atoms with E-state index in [0.29, 0.717) is 28.8 Å². The molecule has 0 radical (unpaired) electrons. The van der Waals surface area contributed by atoms with Crippen molar-refractivity contribution in [2.24, 2.45) is 0 Å². The van der Waals surface area contributed by atoms with Gasteiger partial charge in [0.05, 0.1) is 11.4 Å². The smallest absolute Gasteiger partial charge is 0.271 e. The summed E-state index contributed by atoms with van der Waals surface area (Å²) in [5.74, 6) is -0.107. The molecule has 2 aliphatic rings. The summed E-state index contributed by atoms with van der Waals surface area (Å²) in [6, 6.07) is 27.5. The van der Waals surface area contributed by atoms with Crippen LogP contribution in [0.4, 0.5) is 0 Å². The van der Waals surface area contributed by atoms with Crippen molar-refractivity contribution >= 4 is 17.9 Å². The van der Waals surface area contributed by atoms with Gasteiger partial charge in [-0.15, -0.1) is 0 Å². The Balaban J connectivity index is 1.44. The van der Waals surface area contributed by atoms with E-state index in [1.165, 1.54) is 4.90 Å². The number of fused-ring (bicyclic) bond motifs is 1. The monoisotopic (exact) mass is 540 g/mol. The first-order valence-corrected chi connectivity index (χ1v) is 13.6. The van der Waals surface area contributed by atoms with Crippen LogP contribution >= 0.6 is 0 Å². The van der Waals surface area contributed by atoms with Crippen LogP contribution in [0.1, 0.15) is 30.5 Å². The van der Waals surface area contributed by atoms with Gasteiger partial charge in [-0.3, -0.25) is 14.5 Å². The highest BCUT2D eigenvalue weighted by Crippen LogP contribution is 2.35. The van der Waals surface area contributed by atoms with Gasteiger partial charge in [0.15, 0.2) is 0 Å². The maximum absolute atomic E-state index is 13.8. The molecule has 41 heavy (non-hydrogen) atoms. The van der Waals surface area contributed by atoms with E-state index in [1.54, 1.807) is 17.7 Å². The molecule has 1 aromatic heterocycles. The topological polar surface area (TPSA) is 88.2 Å². The second-order valence-corrected chi connectivity index (χ2v) is 10.3. The number of nitrogens with zero attached hydrogens (tertiary/aromatic N) is 4. The van der Waals surface area contributed by atoms with Gasteiger partial charge in [0.25, 0.3) is 11.8 Å². The van der Waals surface area contributed by atoms with E-state index in [0.717, 1.165) is 34.5 Å². The molecule has 7 nitrogen and oxygen atoms in total. The zero-order valence-corrected chi connectivity index (χ0v) is 22.9. The van der Waals surface area contributed by atoms with Gasteiger partial charge in [-0.25, -0.2) is 4.68 Å². The molecule has 3 aromatic carbocycles. The molecule has 0 bridgehead atoms. The number of hydrogen-bond acceptors (Lipinski definition) is 5. The lowest BCUT2D eigenvalue weighted by atomic mass is 9.92. The van der Waals surface area contributed by atoms with Crippen molar-refractivity contribution in [3.05, 3.63) is 118 Å². The van der Waals surface area contributed by atoms with Crippen molar-refractivity contribution in [3.8, 4) is 28.8 Å². The van der Waals surface area contributed by atoms with Crippen molar-refractivity contribution in [2.75, 3.05) is 6.54 Å². The number of aromatic nitrogens is 2. The maximum Gasteiger partial charge on any atom is 0.271 e. The average molecular weight is 541 g/mol. The third-order valence-corrected chi connectivity index (χ3v) is 7.52. The highest BCUT2D eigenvalue weighted by molar-refractivity contribution is 6.19. The molecule has 202 valence electrons. The summed E-state index contributed by atoms with van der Waals surface area (Å²) in [6.45, 7) is 3.88. The van der Waals surface area contributed by atoms with E-state index in [4.69, 9.17) is 9.84 Å². The van der Waals surface area contributed by atoms with E-state index in [2.05, 4.69) is 6.07 Å². The lowest BCUT2D eigenvalue weighted by Crippen LogP contribution is -2.43. The summed E-state index contributed by atoms with van der Waals surface area (Å²) >= 11 is 0. The lowest BCUT2D eigenvalue weighted by molar-refractivity contribution is -0.140. The molecule has 1 atom stereocenters. The Morgan fingerprint density at radius 1 is 1.02 bits per heavy atom. The molecule has 2 aliphatic heterocycles. The predicted molar refractivity (Wildman–Crippen MR) is 156 cm³/mol. The Bertz CT molecular complexity index is 1760. The number of carbonyl (C=O) groups excluding carboxylic acids is 2. The minimum Gasteiger partial charge on any atom is -0.490 e. The number of nitriles is 1. The van der Waals surface area contributed by atoms with Crippen molar-refractivity contribution in [1.29, 1.82) is 5.26 Å². The van der Waals surface area contributed by atoms with E-state index in [1.807, 2.05) is 92.0 Å². The fraction of sp³-hybridized carbons (Fsp3) is 0.176. The van der Waals surface area contributed by atoms with Crippen molar-refractivity contribution < 1.29 is 14.3 Å². The molecule has 3 heterocycles. The van der Waals surface area contributed by atoms with E-state index >= 15 is 0 Å². The van der Waals surface area contributed by atoms with Gasteiger partial charge >= 0.3 is 0 Å². The molecule has 1 unspecified atom stereocenters. The van der Waals surface area contributed by atoms with Gasteiger partial charge in [-0.05, 0) is 73.4 Å². The van der Waals surface area contributed by atoms with Crippen molar-refractivity contribution in [1.82, 2.24) is 14.7 Å².